The number of aromatic hydroxyl groups is 1. The first kappa shape index (κ1) is 29.6. The molecular formula is C30H42N2O6. The van der Waals surface area contributed by atoms with Crippen molar-refractivity contribution in [3.63, 3.8) is 0 Å². The van der Waals surface area contributed by atoms with E-state index in [1.807, 2.05) is 37.3 Å². The highest BCUT2D eigenvalue weighted by Gasteiger charge is 2.43. The van der Waals surface area contributed by atoms with Gasteiger partial charge in [0.05, 0.1) is 24.2 Å². The smallest absolute Gasteiger partial charge is 0.312 e. The zero-order valence-electron chi connectivity index (χ0n) is 22.8. The number of aliphatic hydroxyl groups is 2. The van der Waals surface area contributed by atoms with Gasteiger partial charge in [0.25, 0.3) is 0 Å². The molecule has 1 aliphatic carbocycles. The largest absolute Gasteiger partial charge is 0.508 e. The van der Waals surface area contributed by atoms with E-state index in [9.17, 15) is 24.9 Å². The maximum atomic E-state index is 13.7. The minimum atomic E-state index is -1.60. The molecule has 2 aromatic carbocycles. The molecule has 2 aromatic rings. The van der Waals surface area contributed by atoms with E-state index >= 15 is 0 Å². The maximum Gasteiger partial charge on any atom is 0.312 e. The van der Waals surface area contributed by atoms with Crippen molar-refractivity contribution >= 4 is 11.9 Å². The summed E-state index contributed by atoms with van der Waals surface area (Å²) in [4.78, 5) is 26.9. The lowest BCUT2D eigenvalue weighted by Gasteiger charge is -2.35. The van der Waals surface area contributed by atoms with Gasteiger partial charge in [-0.3, -0.25) is 9.59 Å². The molecule has 208 valence electrons. The molecule has 0 spiro atoms. The number of hydrogen-bond acceptors (Lipinski definition) is 7. The SMILES string of the molecule is CC1CCC(O)C1NC(=O)[C@@](N)(Cc1ccc(O)cc1)C[C@H](O)[C@H](Cc1ccccc1)C(=O)OC(C)(C)C. The van der Waals surface area contributed by atoms with Gasteiger partial charge in [0.1, 0.15) is 16.9 Å². The van der Waals surface area contributed by atoms with Crippen molar-refractivity contribution in [3.05, 3.63) is 65.7 Å². The van der Waals surface area contributed by atoms with Crippen molar-refractivity contribution in [3.8, 4) is 5.75 Å². The van der Waals surface area contributed by atoms with Gasteiger partial charge in [-0.05, 0) is 75.6 Å². The lowest BCUT2D eigenvalue weighted by atomic mass is 9.80. The van der Waals surface area contributed by atoms with Crippen LogP contribution in [0.2, 0.25) is 0 Å². The highest BCUT2D eigenvalue weighted by Crippen LogP contribution is 2.29. The lowest BCUT2D eigenvalue weighted by molar-refractivity contribution is -0.165. The molecule has 1 aliphatic rings. The second-order valence-electron chi connectivity index (χ2n) is 11.7. The van der Waals surface area contributed by atoms with Crippen molar-refractivity contribution in [2.75, 3.05) is 0 Å². The first-order valence-electron chi connectivity index (χ1n) is 13.3. The average molecular weight is 527 g/mol. The summed E-state index contributed by atoms with van der Waals surface area (Å²) >= 11 is 0. The first-order chi connectivity index (χ1) is 17.8. The minimum Gasteiger partial charge on any atom is -0.508 e. The number of phenolic OH excluding ortho intramolecular Hbond substituents is 1. The van der Waals surface area contributed by atoms with Crippen LogP contribution < -0.4 is 11.1 Å². The number of amides is 1. The van der Waals surface area contributed by atoms with E-state index in [4.69, 9.17) is 10.5 Å². The molecule has 1 saturated carbocycles. The predicted molar refractivity (Wildman–Crippen MR) is 145 cm³/mol. The van der Waals surface area contributed by atoms with E-state index in [1.165, 1.54) is 12.1 Å². The summed E-state index contributed by atoms with van der Waals surface area (Å²) in [6.45, 7) is 7.25. The molecule has 8 nitrogen and oxygen atoms in total. The number of carbonyl (C=O) groups excluding carboxylic acids is 2. The summed E-state index contributed by atoms with van der Waals surface area (Å²) in [6.07, 6.45) is -0.544. The van der Waals surface area contributed by atoms with E-state index in [2.05, 4.69) is 5.32 Å². The molecule has 6 N–H and O–H groups in total. The van der Waals surface area contributed by atoms with Crippen molar-refractivity contribution in [1.82, 2.24) is 5.32 Å². The summed E-state index contributed by atoms with van der Waals surface area (Å²) in [7, 11) is 0. The average Bonchev–Trinajstić information content (AvgIpc) is 3.15. The Morgan fingerprint density at radius 2 is 1.68 bits per heavy atom. The summed E-state index contributed by atoms with van der Waals surface area (Å²) in [6, 6.07) is 15.2. The summed E-state index contributed by atoms with van der Waals surface area (Å²) in [5.74, 6) is -1.88. The van der Waals surface area contributed by atoms with Crippen molar-refractivity contribution in [2.24, 2.45) is 17.6 Å². The van der Waals surface area contributed by atoms with Crippen molar-refractivity contribution in [2.45, 2.75) is 89.2 Å². The summed E-state index contributed by atoms with van der Waals surface area (Å²) < 4.78 is 5.63. The molecule has 8 heteroatoms. The molecule has 6 atom stereocenters. The number of hydrogen-bond donors (Lipinski definition) is 5. The Labute approximate surface area is 225 Å². The standard InChI is InChI=1S/C30H42N2O6/c1-19-10-15-24(34)26(19)32-28(37)30(31,17-21-11-13-22(33)14-12-21)18-25(35)23(27(36)38-29(2,3)4)16-20-8-6-5-7-9-20/h5-9,11-14,19,23-26,33-35H,10,15-18,31H2,1-4H3,(H,32,37)/t19?,23-,24?,25-,26?,30+/m0/s1. The van der Waals surface area contributed by atoms with Crippen LogP contribution in [0.4, 0.5) is 0 Å². The van der Waals surface area contributed by atoms with Gasteiger partial charge in [0.15, 0.2) is 0 Å². The van der Waals surface area contributed by atoms with Gasteiger partial charge in [-0.25, -0.2) is 0 Å². The van der Waals surface area contributed by atoms with Crippen LogP contribution in [0.3, 0.4) is 0 Å². The number of aliphatic hydroxyl groups excluding tert-OH is 2. The maximum absolute atomic E-state index is 13.7. The molecule has 3 rings (SSSR count). The van der Waals surface area contributed by atoms with Crippen LogP contribution in [-0.2, 0) is 27.2 Å². The van der Waals surface area contributed by atoms with E-state index < -0.39 is 47.2 Å². The Morgan fingerprint density at radius 1 is 1.05 bits per heavy atom. The molecule has 3 unspecified atom stereocenters. The predicted octanol–water partition coefficient (Wildman–Crippen LogP) is 2.86. The molecule has 38 heavy (non-hydrogen) atoms. The fourth-order valence-electron chi connectivity index (χ4n) is 5.07. The molecule has 0 saturated heterocycles. The van der Waals surface area contributed by atoms with Crippen LogP contribution in [0, 0.1) is 11.8 Å². The Balaban J connectivity index is 1.90. The van der Waals surface area contributed by atoms with Crippen LogP contribution in [0.25, 0.3) is 0 Å². The third-order valence-corrected chi connectivity index (χ3v) is 7.20. The van der Waals surface area contributed by atoms with Gasteiger partial charge in [-0.1, -0.05) is 49.4 Å². The number of nitrogens with two attached hydrogens (primary N) is 1. The number of benzene rings is 2. The number of carbonyl (C=O) groups is 2. The molecule has 0 heterocycles. The molecule has 0 bridgehead atoms. The zero-order valence-corrected chi connectivity index (χ0v) is 22.8. The van der Waals surface area contributed by atoms with Crippen molar-refractivity contribution in [1.29, 1.82) is 0 Å². The Morgan fingerprint density at radius 3 is 2.24 bits per heavy atom. The van der Waals surface area contributed by atoms with E-state index in [0.29, 0.717) is 12.0 Å². The van der Waals surface area contributed by atoms with Gasteiger partial charge in [0.2, 0.25) is 5.91 Å². The number of phenols is 1. The quantitative estimate of drug-likeness (QED) is 0.300. The van der Waals surface area contributed by atoms with Gasteiger partial charge < -0.3 is 31.1 Å². The van der Waals surface area contributed by atoms with Crippen LogP contribution >= 0.6 is 0 Å². The Hall–Kier alpha value is -2.94. The second-order valence-corrected chi connectivity index (χ2v) is 11.7. The molecule has 0 aromatic heterocycles. The highest BCUT2D eigenvalue weighted by molar-refractivity contribution is 5.87. The van der Waals surface area contributed by atoms with Crippen molar-refractivity contribution < 1.29 is 29.6 Å². The van der Waals surface area contributed by atoms with E-state index in [-0.39, 0.29) is 30.9 Å². The van der Waals surface area contributed by atoms with Gasteiger partial charge in [0, 0.05) is 6.42 Å². The topological polar surface area (TPSA) is 142 Å². The highest BCUT2D eigenvalue weighted by atomic mass is 16.6. The minimum absolute atomic E-state index is 0.0553. The third-order valence-electron chi connectivity index (χ3n) is 7.20. The zero-order chi connectivity index (χ0) is 28.1. The number of esters is 1. The normalized spacial score (nSPS) is 22.8. The fraction of sp³-hybridized carbons (Fsp3) is 0.533. The molecule has 1 fully saturated rings. The molecule has 0 aliphatic heterocycles. The van der Waals surface area contributed by atoms with Crippen LogP contribution in [0.5, 0.6) is 5.75 Å². The lowest BCUT2D eigenvalue weighted by Crippen LogP contribution is -2.61. The van der Waals surface area contributed by atoms with Gasteiger partial charge in [-0.15, -0.1) is 0 Å². The number of nitrogens with one attached hydrogen (secondary N) is 1. The summed E-state index contributed by atoms with van der Waals surface area (Å²) in [5.41, 5.74) is 5.94. The van der Waals surface area contributed by atoms with Crippen LogP contribution in [0.15, 0.2) is 54.6 Å². The van der Waals surface area contributed by atoms with Crippen LogP contribution in [0.1, 0.15) is 58.1 Å². The second kappa shape index (κ2) is 12.3. The first-order valence-corrected chi connectivity index (χ1v) is 13.3. The van der Waals surface area contributed by atoms with E-state index in [1.54, 1.807) is 32.9 Å². The monoisotopic (exact) mass is 526 g/mol. The third kappa shape index (κ3) is 8.03. The number of ether oxygens (including phenoxy) is 1. The van der Waals surface area contributed by atoms with Gasteiger partial charge >= 0.3 is 5.97 Å². The summed E-state index contributed by atoms with van der Waals surface area (Å²) in [5, 5.41) is 34.5. The Bertz CT molecular complexity index is 1060. The van der Waals surface area contributed by atoms with E-state index in [0.717, 1.165) is 12.0 Å². The fourth-order valence-corrected chi connectivity index (χ4v) is 5.07. The van der Waals surface area contributed by atoms with Gasteiger partial charge in [-0.2, -0.15) is 0 Å². The number of rotatable bonds is 10. The van der Waals surface area contributed by atoms with Crippen LogP contribution in [-0.4, -0.2) is 56.6 Å². The molecular weight excluding hydrogens is 484 g/mol. The Kier molecular flexibility index (Phi) is 9.57. The molecule has 1 amide bonds. The molecule has 0 radical (unpaired) electrons.